The summed E-state index contributed by atoms with van der Waals surface area (Å²) in [5.41, 5.74) is 3.23. The highest BCUT2D eigenvalue weighted by Gasteiger charge is 2.39. The zero-order valence-electron chi connectivity index (χ0n) is 11.5. The molecule has 0 spiro atoms. The van der Waals surface area contributed by atoms with E-state index in [0.717, 1.165) is 17.9 Å². The van der Waals surface area contributed by atoms with Crippen LogP contribution in [0.15, 0.2) is 36.4 Å². The number of nitrogens with one attached hydrogen (secondary N) is 1. The molecule has 1 saturated carbocycles. The fraction of sp³-hybridized carbons (Fsp3) is 0.556. The minimum atomic E-state index is 0.717. The molecule has 1 N–H and O–H groups in total. The molecule has 1 aromatic rings. The third-order valence-electron chi connectivity index (χ3n) is 5.44. The van der Waals surface area contributed by atoms with Crippen molar-refractivity contribution in [2.75, 3.05) is 0 Å². The molecular weight excluding hydrogens is 230 g/mol. The van der Waals surface area contributed by atoms with E-state index in [0.29, 0.717) is 6.04 Å². The largest absolute Gasteiger partial charge is 0.310 e. The fourth-order valence-electron chi connectivity index (χ4n) is 4.45. The Balaban J connectivity index is 1.55. The molecule has 0 saturated heterocycles. The quantitative estimate of drug-likeness (QED) is 0.796. The monoisotopic (exact) mass is 253 g/mol. The molecule has 2 atom stereocenters. The van der Waals surface area contributed by atoms with Gasteiger partial charge in [0.1, 0.15) is 0 Å². The second-order valence-electron chi connectivity index (χ2n) is 6.61. The standard InChI is InChI=1S/C18H23N/c1-2-6-14-12-16-10-9-15(11-13(14)5-1)18(16)19-17-7-3-4-8-17/h1-6,15-19H,7-12H2. The van der Waals surface area contributed by atoms with Crippen LogP contribution in [-0.4, -0.2) is 12.1 Å². The Hall–Kier alpha value is -1.08. The minimum Gasteiger partial charge on any atom is -0.310 e. The van der Waals surface area contributed by atoms with Gasteiger partial charge in [-0.3, -0.25) is 0 Å². The van der Waals surface area contributed by atoms with Crippen LogP contribution in [0.5, 0.6) is 0 Å². The third kappa shape index (κ3) is 2.14. The van der Waals surface area contributed by atoms with Gasteiger partial charge in [-0.2, -0.15) is 0 Å². The summed E-state index contributed by atoms with van der Waals surface area (Å²) in [7, 11) is 0. The van der Waals surface area contributed by atoms with Crippen molar-refractivity contribution in [1.82, 2.24) is 5.32 Å². The van der Waals surface area contributed by atoms with Crippen molar-refractivity contribution in [3.8, 4) is 0 Å². The Kier molecular flexibility index (Phi) is 2.96. The molecule has 0 aliphatic heterocycles. The Morgan fingerprint density at radius 1 is 0.842 bits per heavy atom. The van der Waals surface area contributed by atoms with Gasteiger partial charge in [-0.25, -0.2) is 0 Å². The summed E-state index contributed by atoms with van der Waals surface area (Å²) in [6.45, 7) is 0. The summed E-state index contributed by atoms with van der Waals surface area (Å²) in [6, 6.07) is 10.6. The molecule has 3 aliphatic carbocycles. The molecule has 2 bridgehead atoms. The van der Waals surface area contributed by atoms with Crippen LogP contribution in [0.4, 0.5) is 0 Å². The summed E-state index contributed by atoms with van der Waals surface area (Å²) in [5, 5.41) is 3.99. The fourth-order valence-corrected chi connectivity index (χ4v) is 4.45. The predicted molar refractivity (Wildman–Crippen MR) is 79.1 cm³/mol. The van der Waals surface area contributed by atoms with Gasteiger partial charge in [0.2, 0.25) is 0 Å². The molecule has 2 unspecified atom stereocenters. The summed E-state index contributed by atoms with van der Waals surface area (Å²) < 4.78 is 0. The number of rotatable bonds is 2. The molecule has 0 radical (unpaired) electrons. The van der Waals surface area contributed by atoms with E-state index in [1.54, 1.807) is 11.1 Å². The average molecular weight is 253 g/mol. The van der Waals surface area contributed by atoms with Crippen LogP contribution in [0, 0.1) is 11.8 Å². The first-order valence-electron chi connectivity index (χ1n) is 7.88. The van der Waals surface area contributed by atoms with Gasteiger partial charge in [-0.1, -0.05) is 36.4 Å². The molecule has 0 heterocycles. The average Bonchev–Trinajstić information content (AvgIpc) is 2.99. The van der Waals surface area contributed by atoms with Crippen molar-refractivity contribution >= 4 is 0 Å². The van der Waals surface area contributed by atoms with Crippen LogP contribution in [0.2, 0.25) is 0 Å². The molecule has 1 fully saturated rings. The van der Waals surface area contributed by atoms with Crippen molar-refractivity contribution in [2.45, 2.75) is 50.6 Å². The molecule has 0 amide bonds. The van der Waals surface area contributed by atoms with E-state index >= 15 is 0 Å². The van der Waals surface area contributed by atoms with Gasteiger partial charge < -0.3 is 5.32 Å². The predicted octanol–water partition coefficient (Wildman–Crippen LogP) is 3.49. The number of hydrogen-bond acceptors (Lipinski definition) is 1. The molecule has 4 rings (SSSR count). The lowest BCUT2D eigenvalue weighted by Gasteiger charge is -2.27. The van der Waals surface area contributed by atoms with Crippen molar-refractivity contribution in [2.24, 2.45) is 11.8 Å². The molecule has 1 nitrogen and oxygen atoms in total. The van der Waals surface area contributed by atoms with Crippen LogP contribution in [-0.2, 0) is 12.8 Å². The maximum Gasteiger partial charge on any atom is 0.0139 e. The second-order valence-corrected chi connectivity index (χ2v) is 6.61. The van der Waals surface area contributed by atoms with Gasteiger partial charge in [-0.05, 0) is 61.5 Å². The Labute approximate surface area is 116 Å². The van der Waals surface area contributed by atoms with Gasteiger partial charge in [0.15, 0.2) is 0 Å². The number of hydrogen-bond donors (Lipinski definition) is 1. The van der Waals surface area contributed by atoms with Crippen molar-refractivity contribution in [3.63, 3.8) is 0 Å². The zero-order valence-corrected chi connectivity index (χ0v) is 11.5. The van der Waals surface area contributed by atoms with E-state index in [4.69, 9.17) is 0 Å². The maximum atomic E-state index is 3.99. The highest BCUT2D eigenvalue weighted by atomic mass is 15.0. The van der Waals surface area contributed by atoms with E-state index in [1.807, 2.05) is 0 Å². The molecule has 0 aromatic heterocycles. The Morgan fingerprint density at radius 3 is 2.00 bits per heavy atom. The van der Waals surface area contributed by atoms with Crippen molar-refractivity contribution in [3.05, 3.63) is 47.5 Å². The first-order valence-corrected chi connectivity index (χ1v) is 7.88. The molecule has 1 aromatic carbocycles. The zero-order chi connectivity index (χ0) is 12.7. The lowest BCUT2D eigenvalue weighted by atomic mass is 9.94. The number of fused-ring (bicyclic) bond motifs is 3. The van der Waals surface area contributed by atoms with Crippen molar-refractivity contribution in [1.29, 1.82) is 0 Å². The third-order valence-corrected chi connectivity index (χ3v) is 5.44. The smallest absolute Gasteiger partial charge is 0.0139 e. The maximum absolute atomic E-state index is 3.99. The van der Waals surface area contributed by atoms with E-state index in [-0.39, 0.29) is 0 Å². The molecule has 1 heteroatoms. The summed E-state index contributed by atoms with van der Waals surface area (Å²) >= 11 is 0. The van der Waals surface area contributed by atoms with Crippen LogP contribution in [0.3, 0.4) is 0 Å². The first kappa shape index (κ1) is 11.7. The summed E-state index contributed by atoms with van der Waals surface area (Å²) in [6.07, 6.45) is 12.6. The van der Waals surface area contributed by atoms with E-state index in [9.17, 15) is 0 Å². The Bertz CT molecular complexity index is 449. The lowest BCUT2D eigenvalue weighted by molar-refractivity contribution is 0.309. The highest BCUT2D eigenvalue weighted by Crippen LogP contribution is 2.40. The van der Waals surface area contributed by atoms with Gasteiger partial charge in [0.05, 0.1) is 0 Å². The number of benzene rings is 1. The molecule has 100 valence electrons. The van der Waals surface area contributed by atoms with Crippen LogP contribution >= 0.6 is 0 Å². The minimum absolute atomic E-state index is 0.717. The van der Waals surface area contributed by atoms with Gasteiger partial charge in [0, 0.05) is 12.1 Å². The van der Waals surface area contributed by atoms with E-state index in [2.05, 4.69) is 41.7 Å². The Morgan fingerprint density at radius 2 is 1.42 bits per heavy atom. The molecular formula is C18H23N. The lowest BCUT2D eigenvalue weighted by Crippen LogP contribution is -2.43. The van der Waals surface area contributed by atoms with Crippen LogP contribution in [0.25, 0.3) is 0 Å². The van der Waals surface area contributed by atoms with E-state index in [1.165, 1.54) is 38.5 Å². The van der Waals surface area contributed by atoms with Gasteiger partial charge >= 0.3 is 0 Å². The normalized spacial score (nSPS) is 33.4. The topological polar surface area (TPSA) is 12.0 Å². The second kappa shape index (κ2) is 4.79. The van der Waals surface area contributed by atoms with Crippen LogP contribution in [0.1, 0.15) is 36.8 Å². The molecule has 19 heavy (non-hydrogen) atoms. The van der Waals surface area contributed by atoms with Crippen molar-refractivity contribution < 1.29 is 0 Å². The van der Waals surface area contributed by atoms with E-state index < -0.39 is 0 Å². The van der Waals surface area contributed by atoms with Gasteiger partial charge in [0.25, 0.3) is 0 Å². The van der Waals surface area contributed by atoms with Crippen LogP contribution < -0.4 is 5.32 Å². The SMILES string of the molecule is C1=CCC(NC2C3CCC2Cc2ccccc2C3)C1. The highest BCUT2D eigenvalue weighted by molar-refractivity contribution is 5.31. The summed E-state index contributed by atoms with van der Waals surface area (Å²) in [5.74, 6) is 1.74. The first-order chi connectivity index (χ1) is 9.40. The molecule has 3 aliphatic rings. The summed E-state index contributed by atoms with van der Waals surface area (Å²) in [4.78, 5) is 0. The van der Waals surface area contributed by atoms with Gasteiger partial charge in [-0.15, -0.1) is 0 Å².